The van der Waals surface area contributed by atoms with Gasteiger partial charge >= 0.3 is 6.09 Å². The highest BCUT2D eigenvalue weighted by molar-refractivity contribution is 5.68. The number of likely N-dealkylation sites (tertiary alicyclic amines) is 1. The summed E-state index contributed by atoms with van der Waals surface area (Å²) >= 11 is 0. The van der Waals surface area contributed by atoms with E-state index in [2.05, 4.69) is 6.92 Å². The maximum atomic E-state index is 12.3. The third-order valence-corrected chi connectivity index (χ3v) is 3.98. The molecule has 122 valence electrons. The minimum atomic E-state index is -0.878. The van der Waals surface area contributed by atoms with Crippen LogP contribution in [0.2, 0.25) is 0 Å². The van der Waals surface area contributed by atoms with E-state index in [9.17, 15) is 9.90 Å². The molecule has 4 nitrogen and oxygen atoms in total. The summed E-state index contributed by atoms with van der Waals surface area (Å²) < 4.78 is 5.46. The van der Waals surface area contributed by atoms with E-state index in [1.807, 2.05) is 51.1 Å². The van der Waals surface area contributed by atoms with Crippen LogP contribution >= 0.6 is 0 Å². The molecule has 0 radical (unpaired) electrons. The fraction of sp³-hybridized carbons (Fsp3) is 0.611. The van der Waals surface area contributed by atoms with Crippen molar-refractivity contribution >= 4 is 6.09 Å². The Balaban J connectivity index is 2.12. The highest BCUT2D eigenvalue weighted by Crippen LogP contribution is 2.35. The van der Waals surface area contributed by atoms with Crippen molar-refractivity contribution in [1.29, 1.82) is 0 Å². The molecule has 1 saturated heterocycles. The molecule has 1 heterocycles. The van der Waals surface area contributed by atoms with Gasteiger partial charge in [-0.25, -0.2) is 4.79 Å². The van der Waals surface area contributed by atoms with Crippen molar-refractivity contribution in [3.63, 3.8) is 0 Å². The molecule has 1 aliphatic heterocycles. The van der Waals surface area contributed by atoms with Gasteiger partial charge in [0.1, 0.15) is 5.60 Å². The number of carbonyl (C=O) groups is 1. The van der Waals surface area contributed by atoms with Crippen molar-refractivity contribution < 1.29 is 14.6 Å². The lowest BCUT2D eigenvalue weighted by Crippen LogP contribution is -2.39. The van der Waals surface area contributed by atoms with Gasteiger partial charge in [0.25, 0.3) is 0 Å². The number of hydrogen-bond donors (Lipinski definition) is 1. The van der Waals surface area contributed by atoms with Crippen molar-refractivity contribution in [3.05, 3.63) is 35.9 Å². The normalized spacial score (nSPS) is 26.4. The van der Waals surface area contributed by atoms with Crippen LogP contribution in [-0.4, -0.2) is 34.8 Å². The van der Waals surface area contributed by atoms with Gasteiger partial charge in [-0.3, -0.25) is 0 Å². The number of rotatable bonds is 1. The number of amides is 1. The average Bonchev–Trinajstić information content (AvgIpc) is 2.57. The van der Waals surface area contributed by atoms with Crippen LogP contribution in [0.15, 0.2) is 30.3 Å². The zero-order valence-corrected chi connectivity index (χ0v) is 14.0. The van der Waals surface area contributed by atoms with E-state index in [0.29, 0.717) is 25.9 Å². The van der Waals surface area contributed by atoms with Crippen LogP contribution in [0.3, 0.4) is 0 Å². The molecule has 1 N–H and O–H groups in total. The molecule has 0 saturated carbocycles. The van der Waals surface area contributed by atoms with Crippen LogP contribution in [0, 0.1) is 5.92 Å². The zero-order valence-electron chi connectivity index (χ0n) is 14.0. The first-order chi connectivity index (χ1) is 10.2. The lowest BCUT2D eigenvalue weighted by molar-refractivity contribution is 0.0101. The Morgan fingerprint density at radius 2 is 1.95 bits per heavy atom. The van der Waals surface area contributed by atoms with Gasteiger partial charge in [0, 0.05) is 13.1 Å². The molecule has 2 rings (SSSR count). The third-order valence-electron chi connectivity index (χ3n) is 3.98. The first-order valence-electron chi connectivity index (χ1n) is 7.95. The standard InChI is InChI=1S/C18H27NO3/c1-14-12-18(21,15-8-6-5-7-9-15)10-11-19(13-14)16(20)22-17(2,3)4/h5-9,14,21H,10-13H2,1-4H3. The molecule has 1 aliphatic rings. The van der Waals surface area contributed by atoms with E-state index >= 15 is 0 Å². The fourth-order valence-electron chi connectivity index (χ4n) is 3.03. The number of aliphatic hydroxyl groups is 1. The zero-order chi connectivity index (χ0) is 16.4. The molecule has 2 unspecified atom stereocenters. The summed E-state index contributed by atoms with van der Waals surface area (Å²) in [5.74, 6) is 0.209. The molecule has 0 spiro atoms. The Kier molecular flexibility index (Phi) is 4.81. The lowest BCUT2D eigenvalue weighted by Gasteiger charge is -2.28. The number of carbonyl (C=O) groups excluding carboxylic acids is 1. The predicted molar refractivity (Wildman–Crippen MR) is 86.5 cm³/mol. The molecule has 1 fully saturated rings. The maximum Gasteiger partial charge on any atom is 0.410 e. The first-order valence-corrected chi connectivity index (χ1v) is 7.95. The highest BCUT2D eigenvalue weighted by atomic mass is 16.6. The second-order valence-corrected chi connectivity index (χ2v) is 7.38. The van der Waals surface area contributed by atoms with E-state index in [0.717, 1.165) is 5.56 Å². The monoisotopic (exact) mass is 305 g/mol. The van der Waals surface area contributed by atoms with Crippen molar-refractivity contribution in [2.24, 2.45) is 5.92 Å². The average molecular weight is 305 g/mol. The van der Waals surface area contributed by atoms with E-state index in [-0.39, 0.29) is 12.0 Å². The second-order valence-electron chi connectivity index (χ2n) is 7.38. The number of ether oxygens (including phenoxy) is 1. The number of hydrogen-bond acceptors (Lipinski definition) is 3. The molecular weight excluding hydrogens is 278 g/mol. The Morgan fingerprint density at radius 1 is 1.32 bits per heavy atom. The minimum absolute atomic E-state index is 0.209. The van der Waals surface area contributed by atoms with E-state index < -0.39 is 11.2 Å². The second kappa shape index (κ2) is 6.29. The van der Waals surface area contributed by atoms with Crippen LogP contribution in [0.1, 0.15) is 46.1 Å². The minimum Gasteiger partial charge on any atom is -0.444 e. The molecule has 0 aromatic heterocycles. The van der Waals surface area contributed by atoms with Gasteiger partial charge in [-0.05, 0) is 45.1 Å². The Bertz CT molecular complexity index is 509. The van der Waals surface area contributed by atoms with Crippen LogP contribution in [0.4, 0.5) is 4.79 Å². The molecule has 1 aromatic rings. The summed E-state index contributed by atoms with van der Waals surface area (Å²) in [4.78, 5) is 14.0. The van der Waals surface area contributed by atoms with Gasteiger partial charge in [-0.1, -0.05) is 37.3 Å². The molecule has 22 heavy (non-hydrogen) atoms. The summed E-state index contributed by atoms with van der Waals surface area (Å²) in [6.45, 7) is 8.79. The van der Waals surface area contributed by atoms with Crippen LogP contribution in [0.5, 0.6) is 0 Å². The van der Waals surface area contributed by atoms with E-state index in [4.69, 9.17) is 4.74 Å². The fourth-order valence-corrected chi connectivity index (χ4v) is 3.03. The Morgan fingerprint density at radius 3 is 2.55 bits per heavy atom. The summed E-state index contributed by atoms with van der Waals surface area (Å²) in [7, 11) is 0. The molecule has 4 heteroatoms. The van der Waals surface area contributed by atoms with Crippen LogP contribution < -0.4 is 0 Å². The van der Waals surface area contributed by atoms with Gasteiger partial charge in [-0.2, -0.15) is 0 Å². The lowest BCUT2D eigenvalue weighted by atomic mass is 9.84. The first kappa shape index (κ1) is 16.8. The molecule has 2 atom stereocenters. The van der Waals surface area contributed by atoms with E-state index in [1.54, 1.807) is 4.90 Å². The molecule has 1 amide bonds. The van der Waals surface area contributed by atoms with Crippen LogP contribution in [-0.2, 0) is 10.3 Å². The van der Waals surface area contributed by atoms with Crippen molar-refractivity contribution in [3.8, 4) is 0 Å². The van der Waals surface area contributed by atoms with Crippen molar-refractivity contribution in [2.75, 3.05) is 13.1 Å². The molecule has 0 bridgehead atoms. The summed E-state index contributed by atoms with van der Waals surface area (Å²) in [5.41, 5.74) is -0.451. The molecule has 0 aliphatic carbocycles. The van der Waals surface area contributed by atoms with Crippen LogP contribution in [0.25, 0.3) is 0 Å². The smallest absolute Gasteiger partial charge is 0.410 e. The van der Waals surface area contributed by atoms with Gasteiger partial charge in [0.15, 0.2) is 0 Å². The largest absolute Gasteiger partial charge is 0.444 e. The quantitative estimate of drug-likeness (QED) is 0.863. The predicted octanol–water partition coefficient (Wildman–Crippen LogP) is 3.54. The van der Waals surface area contributed by atoms with Gasteiger partial charge < -0.3 is 14.7 Å². The van der Waals surface area contributed by atoms with Gasteiger partial charge in [0.05, 0.1) is 5.60 Å². The van der Waals surface area contributed by atoms with Crippen molar-refractivity contribution in [2.45, 2.75) is 51.7 Å². The number of benzene rings is 1. The molecular formula is C18H27NO3. The summed E-state index contributed by atoms with van der Waals surface area (Å²) in [5, 5.41) is 11.0. The SMILES string of the molecule is CC1CN(C(=O)OC(C)(C)C)CCC(O)(c2ccccc2)C1. The summed E-state index contributed by atoms with van der Waals surface area (Å²) in [6.07, 6.45) is 0.883. The topological polar surface area (TPSA) is 49.8 Å². The van der Waals surface area contributed by atoms with Crippen molar-refractivity contribution in [1.82, 2.24) is 4.90 Å². The Hall–Kier alpha value is -1.55. The summed E-state index contributed by atoms with van der Waals surface area (Å²) in [6, 6.07) is 9.73. The number of nitrogens with zero attached hydrogens (tertiary/aromatic N) is 1. The Labute approximate surface area is 133 Å². The third kappa shape index (κ3) is 4.23. The molecule has 1 aromatic carbocycles. The highest BCUT2D eigenvalue weighted by Gasteiger charge is 2.37. The van der Waals surface area contributed by atoms with E-state index in [1.165, 1.54) is 0 Å². The maximum absolute atomic E-state index is 12.3. The van der Waals surface area contributed by atoms with Gasteiger partial charge in [-0.15, -0.1) is 0 Å². The van der Waals surface area contributed by atoms with Gasteiger partial charge in [0.2, 0.25) is 0 Å².